The Bertz CT molecular complexity index is 3170. The summed E-state index contributed by atoms with van der Waals surface area (Å²) in [4.78, 5) is 0. The van der Waals surface area contributed by atoms with Gasteiger partial charge in [-0.15, -0.1) is 11.3 Å². The summed E-state index contributed by atoms with van der Waals surface area (Å²) in [5, 5.41) is 7.78. The highest BCUT2D eigenvalue weighted by Crippen LogP contribution is 2.43. The molecule has 0 unspecified atom stereocenters. The van der Waals surface area contributed by atoms with Gasteiger partial charge in [0, 0.05) is 53.1 Å². The van der Waals surface area contributed by atoms with Crippen molar-refractivity contribution >= 4 is 75.1 Å². The van der Waals surface area contributed by atoms with Crippen molar-refractivity contribution in [3.63, 3.8) is 0 Å². The normalized spacial score (nSPS) is 12.5. The quantitative estimate of drug-likeness (QED) is 0.176. The Kier molecular flexibility index (Phi) is 5.74. The molecule has 0 N–H and O–H groups in total. The standard InChI is InChI=1S/C49H30N2S/c1-5-13-44-36(9-1)37-10-2-6-14-45(37)50(44)34-21-19-33-25-32-18-17-30(26-40(32)41(33)28-34)31-20-23-48-42(27-31)43-29-35(22-24-49(43)52-48)51-46-15-7-3-11-38(46)39-12-4-8-16-47(39)51/h1-24,26-29H,25H2. The van der Waals surface area contributed by atoms with Crippen LogP contribution in [0.4, 0.5) is 0 Å². The largest absolute Gasteiger partial charge is 0.309 e. The van der Waals surface area contributed by atoms with Crippen molar-refractivity contribution in [3.05, 3.63) is 181 Å². The minimum Gasteiger partial charge on any atom is -0.309 e. The summed E-state index contributed by atoms with van der Waals surface area (Å²) >= 11 is 1.88. The zero-order valence-corrected chi connectivity index (χ0v) is 29.0. The van der Waals surface area contributed by atoms with Crippen molar-refractivity contribution < 1.29 is 0 Å². The molecular formula is C49H30N2S. The molecular weight excluding hydrogens is 649 g/mol. The molecule has 1 aliphatic carbocycles. The van der Waals surface area contributed by atoms with Gasteiger partial charge >= 0.3 is 0 Å². The smallest absolute Gasteiger partial charge is 0.0541 e. The molecule has 8 aromatic carbocycles. The third kappa shape index (κ3) is 3.94. The number of nitrogens with zero attached hydrogens (tertiary/aromatic N) is 2. The highest BCUT2D eigenvalue weighted by Gasteiger charge is 2.22. The summed E-state index contributed by atoms with van der Waals surface area (Å²) in [5.74, 6) is 0. The summed E-state index contributed by atoms with van der Waals surface area (Å²) in [5.41, 5.74) is 15.4. The van der Waals surface area contributed by atoms with Crippen molar-refractivity contribution in [2.45, 2.75) is 6.42 Å². The van der Waals surface area contributed by atoms with E-state index in [9.17, 15) is 0 Å². The van der Waals surface area contributed by atoms with Crippen molar-refractivity contribution in [2.24, 2.45) is 0 Å². The van der Waals surface area contributed by atoms with Gasteiger partial charge in [0.15, 0.2) is 0 Å². The molecule has 11 aromatic rings. The van der Waals surface area contributed by atoms with Gasteiger partial charge in [-0.05, 0) is 113 Å². The number of hydrogen-bond acceptors (Lipinski definition) is 1. The van der Waals surface area contributed by atoms with Crippen LogP contribution in [0.15, 0.2) is 170 Å². The number of fused-ring (bicyclic) bond motifs is 12. The van der Waals surface area contributed by atoms with Crippen LogP contribution in [0.5, 0.6) is 0 Å². The first kappa shape index (κ1) is 28.3. The minimum absolute atomic E-state index is 0.970. The zero-order chi connectivity index (χ0) is 33.9. The SMILES string of the molecule is c1ccc2c(c1)c1ccccc1n2-c1ccc2c(c1)-c1cc(-c3ccc4sc5ccc(-n6c7ccccc7c7ccccc76)cc5c4c3)ccc1C2. The van der Waals surface area contributed by atoms with Gasteiger partial charge in [-0.2, -0.15) is 0 Å². The van der Waals surface area contributed by atoms with Gasteiger partial charge < -0.3 is 9.13 Å². The molecule has 0 fully saturated rings. The van der Waals surface area contributed by atoms with Crippen molar-refractivity contribution in [1.82, 2.24) is 9.13 Å². The maximum atomic E-state index is 2.43. The average Bonchev–Trinajstić information content (AvgIpc) is 3.94. The van der Waals surface area contributed by atoms with E-state index in [-0.39, 0.29) is 0 Å². The molecule has 2 nitrogen and oxygen atoms in total. The van der Waals surface area contributed by atoms with Gasteiger partial charge in [0.25, 0.3) is 0 Å². The number of aromatic nitrogens is 2. The molecule has 3 heteroatoms. The van der Waals surface area contributed by atoms with E-state index in [1.165, 1.54) is 109 Å². The van der Waals surface area contributed by atoms with Crippen LogP contribution < -0.4 is 0 Å². The van der Waals surface area contributed by atoms with Crippen LogP contribution in [0.25, 0.3) is 97.4 Å². The van der Waals surface area contributed by atoms with E-state index in [1.54, 1.807) is 0 Å². The molecule has 0 bridgehead atoms. The molecule has 0 atom stereocenters. The maximum absolute atomic E-state index is 2.43. The van der Waals surface area contributed by atoms with Crippen molar-refractivity contribution in [2.75, 3.05) is 0 Å². The lowest BCUT2D eigenvalue weighted by Gasteiger charge is -2.11. The van der Waals surface area contributed by atoms with Crippen LogP contribution in [0.1, 0.15) is 11.1 Å². The number of para-hydroxylation sites is 4. The molecule has 242 valence electrons. The molecule has 0 aliphatic heterocycles. The Morgan fingerprint density at radius 3 is 1.37 bits per heavy atom. The lowest BCUT2D eigenvalue weighted by atomic mass is 9.97. The molecule has 0 amide bonds. The van der Waals surface area contributed by atoms with Gasteiger partial charge in [0.1, 0.15) is 0 Å². The second-order valence-corrected chi connectivity index (χ2v) is 15.2. The maximum Gasteiger partial charge on any atom is 0.0541 e. The number of rotatable bonds is 3. The molecule has 3 aromatic heterocycles. The molecule has 0 saturated carbocycles. The second kappa shape index (κ2) is 10.6. The van der Waals surface area contributed by atoms with E-state index in [0.717, 1.165) is 6.42 Å². The van der Waals surface area contributed by atoms with Crippen molar-refractivity contribution in [3.8, 4) is 33.6 Å². The molecule has 12 rings (SSSR count). The monoisotopic (exact) mass is 678 g/mol. The predicted molar refractivity (Wildman–Crippen MR) is 222 cm³/mol. The van der Waals surface area contributed by atoms with Crippen LogP contribution >= 0.6 is 11.3 Å². The number of benzene rings is 8. The van der Waals surface area contributed by atoms with Gasteiger partial charge in [-0.1, -0.05) is 97.1 Å². The van der Waals surface area contributed by atoms with Gasteiger partial charge in [-0.25, -0.2) is 0 Å². The first-order chi connectivity index (χ1) is 25.8. The Labute approximate surface area is 304 Å². The van der Waals surface area contributed by atoms with E-state index in [2.05, 4.69) is 179 Å². The zero-order valence-electron chi connectivity index (χ0n) is 28.2. The second-order valence-electron chi connectivity index (χ2n) is 14.1. The Hall–Kier alpha value is -6.42. The van der Waals surface area contributed by atoms with E-state index >= 15 is 0 Å². The fourth-order valence-corrected chi connectivity index (χ4v) is 10.0. The van der Waals surface area contributed by atoms with Crippen LogP contribution in [-0.4, -0.2) is 9.13 Å². The topological polar surface area (TPSA) is 9.86 Å². The lowest BCUT2D eigenvalue weighted by molar-refractivity contribution is 1.17. The molecule has 52 heavy (non-hydrogen) atoms. The molecule has 3 heterocycles. The van der Waals surface area contributed by atoms with E-state index < -0.39 is 0 Å². The summed E-state index contributed by atoms with van der Waals surface area (Å²) in [6, 6.07) is 63.2. The number of hydrogen-bond donors (Lipinski definition) is 0. The Morgan fingerprint density at radius 2 is 0.769 bits per heavy atom. The van der Waals surface area contributed by atoms with E-state index in [0.29, 0.717) is 0 Å². The van der Waals surface area contributed by atoms with Crippen LogP contribution in [-0.2, 0) is 6.42 Å². The lowest BCUT2D eigenvalue weighted by Crippen LogP contribution is -1.94. The van der Waals surface area contributed by atoms with Crippen LogP contribution in [0.2, 0.25) is 0 Å². The van der Waals surface area contributed by atoms with Crippen LogP contribution in [0, 0.1) is 0 Å². The average molecular weight is 679 g/mol. The fraction of sp³-hybridized carbons (Fsp3) is 0.0204. The highest BCUT2D eigenvalue weighted by molar-refractivity contribution is 7.25. The summed E-state index contributed by atoms with van der Waals surface area (Å²) in [6.45, 7) is 0. The Morgan fingerprint density at radius 1 is 0.346 bits per heavy atom. The summed E-state index contributed by atoms with van der Waals surface area (Å²) in [7, 11) is 0. The van der Waals surface area contributed by atoms with Gasteiger partial charge in [-0.3, -0.25) is 0 Å². The molecule has 0 radical (unpaired) electrons. The summed E-state index contributed by atoms with van der Waals surface area (Å²) < 4.78 is 7.48. The number of thiophene rings is 1. The fourth-order valence-electron chi connectivity index (χ4n) is 8.96. The third-order valence-electron chi connectivity index (χ3n) is 11.3. The van der Waals surface area contributed by atoms with Gasteiger partial charge in [0.05, 0.1) is 22.1 Å². The van der Waals surface area contributed by atoms with E-state index in [4.69, 9.17) is 0 Å². The molecule has 0 saturated heterocycles. The molecule has 0 spiro atoms. The minimum atomic E-state index is 0.970. The predicted octanol–water partition coefficient (Wildman–Crippen LogP) is 13.5. The highest BCUT2D eigenvalue weighted by atomic mass is 32.1. The van der Waals surface area contributed by atoms with E-state index in [1.807, 2.05) is 11.3 Å². The summed E-state index contributed by atoms with van der Waals surface area (Å²) in [6.07, 6.45) is 0.970. The molecule has 1 aliphatic rings. The van der Waals surface area contributed by atoms with Gasteiger partial charge in [0.2, 0.25) is 0 Å². The third-order valence-corrected chi connectivity index (χ3v) is 12.5. The first-order valence-electron chi connectivity index (χ1n) is 18.0. The van der Waals surface area contributed by atoms with Crippen molar-refractivity contribution in [1.29, 1.82) is 0 Å². The Balaban J connectivity index is 0.987. The van der Waals surface area contributed by atoms with Crippen LogP contribution in [0.3, 0.4) is 0 Å². The first-order valence-corrected chi connectivity index (χ1v) is 18.8.